The van der Waals surface area contributed by atoms with Crippen molar-refractivity contribution in [2.24, 2.45) is 0 Å². The summed E-state index contributed by atoms with van der Waals surface area (Å²) in [7, 11) is -3.11. The quantitative estimate of drug-likeness (QED) is 0.836. The molecule has 2 rings (SSSR count). The van der Waals surface area contributed by atoms with Gasteiger partial charge in [0, 0.05) is 31.1 Å². The molecule has 0 bridgehead atoms. The molecule has 0 saturated carbocycles. The van der Waals surface area contributed by atoms with Crippen molar-refractivity contribution in [3.05, 3.63) is 36.4 Å². The van der Waals surface area contributed by atoms with E-state index in [0.29, 0.717) is 31.0 Å². The van der Waals surface area contributed by atoms with E-state index in [-0.39, 0.29) is 12.6 Å². The number of benzene rings is 1. The van der Waals surface area contributed by atoms with E-state index in [1.54, 1.807) is 24.3 Å². The lowest BCUT2D eigenvalue weighted by molar-refractivity contribution is 0.222. The van der Waals surface area contributed by atoms with E-state index in [0.717, 1.165) is 5.57 Å². The Hall–Kier alpha value is -2.02. The summed E-state index contributed by atoms with van der Waals surface area (Å²) in [6.45, 7) is 6.73. The van der Waals surface area contributed by atoms with Crippen LogP contribution in [-0.4, -0.2) is 50.6 Å². The molecule has 23 heavy (non-hydrogen) atoms. The van der Waals surface area contributed by atoms with Gasteiger partial charge in [0.05, 0.1) is 5.25 Å². The van der Waals surface area contributed by atoms with Crippen molar-refractivity contribution < 1.29 is 17.9 Å². The van der Waals surface area contributed by atoms with Gasteiger partial charge in [0.2, 0.25) is 0 Å². The van der Waals surface area contributed by atoms with E-state index in [1.165, 1.54) is 11.2 Å². The lowest BCUT2D eigenvalue weighted by Gasteiger charge is -2.17. The smallest absolute Gasteiger partial charge is 0.321 e. The molecule has 0 unspecified atom stereocenters. The minimum atomic E-state index is -3.11. The molecule has 1 heterocycles. The highest BCUT2D eigenvalue weighted by molar-refractivity contribution is 7.91. The topological polar surface area (TPSA) is 75.7 Å². The summed E-state index contributed by atoms with van der Waals surface area (Å²) in [5.41, 5.74) is 1.51. The molecule has 2 amide bonds. The van der Waals surface area contributed by atoms with Crippen molar-refractivity contribution in [2.75, 3.05) is 31.3 Å². The Bertz CT molecular complexity index is 700. The average molecular weight is 338 g/mol. The zero-order chi connectivity index (χ0) is 17.0. The third kappa shape index (κ3) is 4.99. The Morgan fingerprint density at radius 1 is 1.48 bits per heavy atom. The van der Waals surface area contributed by atoms with Crippen molar-refractivity contribution in [3.8, 4) is 5.75 Å². The molecule has 0 aliphatic carbocycles. The Balaban J connectivity index is 1.96. The molecule has 6 nitrogen and oxygen atoms in total. The maximum atomic E-state index is 12.2. The standard InChI is InChI=1S/C16H22N2O4S/c1-12(2)11-22-14-6-4-5-13(9-14)17-16(19)18-8-7-15(10-18)23(3,20)21/h4-6,9,15H,1,7-8,10-11H2,2-3H3,(H,17,19)/t15-/m0/s1. The van der Waals surface area contributed by atoms with Crippen LogP contribution < -0.4 is 10.1 Å². The SMILES string of the molecule is C=C(C)COc1cccc(NC(=O)N2CC[C@H](S(C)(=O)=O)C2)c1. The molecule has 1 aromatic rings. The van der Waals surface area contributed by atoms with E-state index in [4.69, 9.17) is 4.74 Å². The summed E-state index contributed by atoms with van der Waals surface area (Å²) in [6, 6.07) is 6.77. The van der Waals surface area contributed by atoms with Gasteiger partial charge in [-0.1, -0.05) is 12.6 Å². The van der Waals surface area contributed by atoms with E-state index in [2.05, 4.69) is 11.9 Å². The molecule has 1 fully saturated rings. The monoisotopic (exact) mass is 338 g/mol. The number of sulfone groups is 1. The number of nitrogens with zero attached hydrogens (tertiary/aromatic N) is 1. The van der Waals surface area contributed by atoms with Crippen LogP contribution in [0.5, 0.6) is 5.75 Å². The van der Waals surface area contributed by atoms with Crippen molar-refractivity contribution in [1.29, 1.82) is 0 Å². The fraction of sp³-hybridized carbons (Fsp3) is 0.438. The molecule has 1 aromatic carbocycles. The highest BCUT2D eigenvalue weighted by Crippen LogP contribution is 2.20. The Morgan fingerprint density at radius 3 is 2.83 bits per heavy atom. The first-order valence-electron chi connectivity index (χ1n) is 7.38. The zero-order valence-corrected chi connectivity index (χ0v) is 14.2. The van der Waals surface area contributed by atoms with Gasteiger partial charge in [0.1, 0.15) is 12.4 Å². The predicted molar refractivity (Wildman–Crippen MR) is 90.6 cm³/mol. The third-order valence-corrected chi connectivity index (χ3v) is 5.20. The average Bonchev–Trinajstić information content (AvgIpc) is 2.95. The number of amides is 2. The molecule has 1 saturated heterocycles. The van der Waals surface area contributed by atoms with Gasteiger partial charge in [-0.3, -0.25) is 0 Å². The van der Waals surface area contributed by atoms with Gasteiger partial charge < -0.3 is 15.0 Å². The molecule has 1 aliphatic rings. The minimum Gasteiger partial charge on any atom is -0.489 e. The Kier molecular flexibility index (Phi) is 5.30. The maximum Gasteiger partial charge on any atom is 0.321 e. The van der Waals surface area contributed by atoms with Crippen LogP contribution in [0, 0.1) is 0 Å². The summed E-state index contributed by atoms with van der Waals surface area (Å²) in [5.74, 6) is 0.640. The first-order chi connectivity index (χ1) is 10.8. The second kappa shape index (κ2) is 7.04. The number of hydrogen-bond acceptors (Lipinski definition) is 4. The molecule has 126 valence electrons. The van der Waals surface area contributed by atoms with Gasteiger partial charge in [-0.2, -0.15) is 0 Å². The number of hydrogen-bond donors (Lipinski definition) is 1. The molecule has 1 atom stereocenters. The van der Waals surface area contributed by atoms with Gasteiger partial charge in [0.25, 0.3) is 0 Å². The number of ether oxygens (including phenoxy) is 1. The lowest BCUT2D eigenvalue weighted by atomic mass is 10.3. The molecule has 1 N–H and O–H groups in total. The van der Waals surface area contributed by atoms with Crippen LogP contribution in [0.15, 0.2) is 36.4 Å². The van der Waals surface area contributed by atoms with Gasteiger partial charge in [-0.25, -0.2) is 13.2 Å². The maximum absolute atomic E-state index is 12.2. The van der Waals surface area contributed by atoms with Crippen molar-refractivity contribution in [2.45, 2.75) is 18.6 Å². The molecule has 7 heteroatoms. The summed E-state index contributed by atoms with van der Waals surface area (Å²) in [4.78, 5) is 13.8. The van der Waals surface area contributed by atoms with E-state index in [1.807, 2.05) is 6.92 Å². The van der Waals surface area contributed by atoms with E-state index >= 15 is 0 Å². The summed E-state index contributed by atoms with van der Waals surface area (Å²) >= 11 is 0. The first-order valence-corrected chi connectivity index (χ1v) is 9.33. The summed E-state index contributed by atoms with van der Waals surface area (Å²) < 4.78 is 28.6. The predicted octanol–water partition coefficient (Wildman–Crippen LogP) is 2.29. The second-order valence-corrected chi connectivity index (χ2v) is 8.22. The number of likely N-dealkylation sites (tertiary alicyclic amines) is 1. The number of carbonyl (C=O) groups is 1. The summed E-state index contributed by atoms with van der Waals surface area (Å²) in [6.07, 6.45) is 1.69. The first kappa shape index (κ1) is 17.3. The van der Waals surface area contributed by atoms with Gasteiger partial charge in [-0.05, 0) is 31.1 Å². The highest BCUT2D eigenvalue weighted by Gasteiger charge is 2.32. The molecule has 0 radical (unpaired) electrons. The molecule has 0 spiro atoms. The minimum absolute atomic E-state index is 0.233. The van der Waals surface area contributed by atoms with E-state index in [9.17, 15) is 13.2 Å². The van der Waals surface area contributed by atoms with Crippen LogP contribution in [0.3, 0.4) is 0 Å². The fourth-order valence-corrected chi connectivity index (χ4v) is 3.32. The third-order valence-electron chi connectivity index (χ3n) is 3.61. The van der Waals surface area contributed by atoms with Crippen LogP contribution in [0.4, 0.5) is 10.5 Å². The van der Waals surface area contributed by atoms with Crippen LogP contribution in [-0.2, 0) is 9.84 Å². The Labute approximate surface area is 137 Å². The Morgan fingerprint density at radius 2 is 2.22 bits per heavy atom. The summed E-state index contributed by atoms with van der Waals surface area (Å²) in [5, 5.41) is 2.30. The highest BCUT2D eigenvalue weighted by atomic mass is 32.2. The molecular formula is C16H22N2O4S. The van der Waals surface area contributed by atoms with E-state index < -0.39 is 15.1 Å². The molecule has 0 aromatic heterocycles. The van der Waals surface area contributed by atoms with Crippen molar-refractivity contribution in [3.63, 3.8) is 0 Å². The number of urea groups is 1. The van der Waals surface area contributed by atoms with Crippen LogP contribution in [0.2, 0.25) is 0 Å². The molecule has 1 aliphatic heterocycles. The largest absolute Gasteiger partial charge is 0.489 e. The van der Waals surface area contributed by atoms with Crippen LogP contribution >= 0.6 is 0 Å². The van der Waals surface area contributed by atoms with Gasteiger partial charge in [-0.15, -0.1) is 0 Å². The lowest BCUT2D eigenvalue weighted by Crippen LogP contribution is -2.34. The number of rotatable bonds is 5. The van der Waals surface area contributed by atoms with Crippen molar-refractivity contribution in [1.82, 2.24) is 4.90 Å². The zero-order valence-electron chi connectivity index (χ0n) is 13.4. The molecular weight excluding hydrogens is 316 g/mol. The fourth-order valence-electron chi connectivity index (χ4n) is 2.33. The van der Waals surface area contributed by atoms with Gasteiger partial charge >= 0.3 is 6.03 Å². The van der Waals surface area contributed by atoms with Crippen molar-refractivity contribution >= 4 is 21.6 Å². The van der Waals surface area contributed by atoms with Gasteiger partial charge in [0.15, 0.2) is 9.84 Å². The number of anilines is 1. The second-order valence-electron chi connectivity index (χ2n) is 5.89. The number of carbonyl (C=O) groups excluding carboxylic acids is 1. The van der Waals surface area contributed by atoms with Crippen LogP contribution in [0.25, 0.3) is 0 Å². The van der Waals surface area contributed by atoms with Crippen LogP contribution in [0.1, 0.15) is 13.3 Å². The number of nitrogens with one attached hydrogen (secondary N) is 1. The normalized spacial score (nSPS) is 17.8.